The molecule has 0 aliphatic rings. The summed E-state index contributed by atoms with van der Waals surface area (Å²) in [6, 6.07) is 7.38. The molecule has 0 unspecified atom stereocenters. The van der Waals surface area contributed by atoms with Crippen LogP contribution < -0.4 is 4.90 Å². The largest absolute Gasteiger partial charge is 0.478 e. The maximum Gasteiger partial charge on any atom is 0.337 e. The van der Waals surface area contributed by atoms with Crippen LogP contribution in [-0.2, 0) is 0 Å². The van der Waals surface area contributed by atoms with Crippen molar-refractivity contribution in [3.8, 4) is 0 Å². The maximum absolute atomic E-state index is 11.2. The van der Waals surface area contributed by atoms with E-state index in [1.807, 2.05) is 30.1 Å². The van der Waals surface area contributed by atoms with Gasteiger partial charge in [-0.3, -0.25) is 0 Å². The van der Waals surface area contributed by atoms with Crippen LogP contribution in [0.3, 0.4) is 0 Å². The average molecular weight is 242 g/mol. The Bertz CT molecular complexity index is 608. The van der Waals surface area contributed by atoms with Crippen molar-refractivity contribution in [3.05, 3.63) is 48.7 Å². The second kappa shape index (κ2) is 4.87. The lowest BCUT2D eigenvalue weighted by Crippen LogP contribution is -2.18. The van der Waals surface area contributed by atoms with E-state index in [2.05, 4.69) is 11.6 Å². The average Bonchev–Trinajstić information content (AvgIpc) is 2.37. The maximum atomic E-state index is 11.2. The van der Waals surface area contributed by atoms with E-state index in [-0.39, 0.29) is 5.56 Å². The minimum absolute atomic E-state index is 0.223. The number of benzene rings is 1. The molecular weight excluding hydrogens is 228 g/mol. The quantitative estimate of drug-likeness (QED) is 0.837. The van der Waals surface area contributed by atoms with Gasteiger partial charge in [-0.05, 0) is 0 Å². The second-order valence-corrected chi connectivity index (χ2v) is 4.02. The first kappa shape index (κ1) is 12.1. The third kappa shape index (κ3) is 2.05. The monoisotopic (exact) mass is 242 g/mol. The van der Waals surface area contributed by atoms with Crippen LogP contribution in [0, 0.1) is 0 Å². The fraction of sp³-hybridized carbons (Fsp3) is 0.143. The lowest BCUT2D eigenvalue weighted by Gasteiger charge is -2.18. The summed E-state index contributed by atoms with van der Waals surface area (Å²) in [7, 11) is 1.90. The van der Waals surface area contributed by atoms with Crippen LogP contribution in [0.2, 0.25) is 0 Å². The van der Waals surface area contributed by atoms with E-state index >= 15 is 0 Å². The lowest BCUT2D eigenvalue weighted by atomic mass is 10.1. The number of nitrogens with zero attached hydrogens (tertiary/aromatic N) is 2. The van der Waals surface area contributed by atoms with Gasteiger partial charge in [0.25, 0.3) is 0 Å². The highest BCUT2D eigenvalue weighted by molar-refractivity contribution is 6.06. The van der Waals surface area contributed by atoms with Gasteiger partial charge >= 0.3 is 5.97 Å². The minimum atomic E-state index is -0.961. The molecule has 1 aromatic carbocycles. The Morgan fingerprint density at radius 2 is 2.11 bits per heavy atom. The number of pyridine rings is 1. The summed E-state index contributed by atoms with van der Waals surface area (Å²) in [4.78, 5) is 17.3. The molecule has 0 saturated heterocycles. The zero-order valence-corrected chi connectivity index (χ0v) is 10.1. The van der Waals surface area contributed by atoms with E-state index in [1.165, 1.54) is 6.20 Å². The van der Waals surface area contributed by atoms with Crippen LogP contribution in [0.1, 0.15) is 10.4 Å². The first-order valence-corrected chi connectivity index (χ1v) is 5.58. The third-order valence-electron chi connectivity index (χ3n) is 2.77. The summed E-state index contributed by atoms with van der Waals surface area (Å²) in [6.45, 7) is 4.34. The van der Waals surface area contributed by atoms with Gasteiger partial charge in [0.1, 0.15) is 5.82 Å². The van der Waals surface area contributed by atoms with Gasteiger partial charge in [-0.1, -0.05) is 30.3 Å². The molecule has 92 valence electrons. The molecule has 18 heavy (non-hydrogen) atoms. The third-order valence-corrected chi connectivity index (χ3v) is 2.77. The lowest BCUT2D eigenvalue weighted by molar-refractivity contribution is 0.0698. The van der Waals surface area contributed by atoms with Crippen molar-refractivity contribution in [2.45, 2.75) is 0 Å². The molecule has 0 atom stereocenters. The normalized spacial score (nSPS) is 10.3. The topological polar surface area (TPSA) is 53.4 Å². The summed E-state index contributed by atoms with van der Waals surface area (Å²) in [5, 5.41) is 10.7. The Morgan fingerprint density at radius 1 is 1.44 bits per heavy atom. The highest BCUT2D eigenvalue weighted by Crippen LogP contribution is 2.26. The molecule has 4 heteroatoms. The first-order valence-electron chi connectivity index (χ1n) is 5.58. The number of hydrogen-bond acceptors (Lipinski definition) is 3. The van der Waals surface area contributed by atoms with Gasteiger partial charge in [0.15, 0.2) is 0 Å². The highest BCUT2D eigenvalue weighted by Gasteiger charge is 2.13. The van der Waals surface area contributed by atoms with Crippen LogP contribution in [0.15, 0.2) is 43.1 Å². The Morgan fingerprint density at radius 3 is 2.72 bits per heavy atom. The number of aromatic nitrogens is 1. The molecule has 2 aromatic rings. The Hall–Kier alpha value is -2.36. The first-order chi connectivity index (χ1) is 8.65. The predicted octanol–water partition coefficient (Wildman–Crippen LogP) is 2.56. The summed E-state index contributed by atoms with van der Waals surface area (Å²) in [5.74, 6) is -0.202. The minimum Gasteiger partial charge on any atom is -0.478 e. The fourth-order valence-corrected chi connectivity index (χ4v) is 1.93. The Balaban J connectivity index is 2.68. The molecule has 0 amide bonds. The van der Waals surface area contributed by atoms with Crippen molar-refractivity contribution >= 4 is 22.6 Å². The van der Waals surface area contributed by atoms with Gasteiger partial charge in [-0.25, -0.2) is 9.78 Å². The van der Waals surface area contributed by atoms with Crippen molar-refractivity contribution in [1.29, 1.82) is 0 Å². The number of carboxylic acid groups (broad SMARTS) is 1. The molecule has 1 aromatic heterocycles. The second-order valence-electron chi connectivity index (χ2n) is 4.02. The van der Waals surface area contributed by atoms with Crippen molar-refractivity contribution in [2.75, 3.05) is 18.5 Å². The molecule has 4 nitrogen and oxygen atoms in total. The van der Waals surface area contributed by atoms with E-state index < -0.39 is 5.97 Å². The molecule has 0 fully saturated rings. The number of anilines is 1. The molecule has 0 saturated carbocycles. The number of fused-ring (bicyclic) bond motifs is 1. The SMILES string of the molecule is C=CCN(C)c1ncc(C(=O)O)c2ccccc12. The van der Waals surface area contributed by atoms with E-state index in [0.717, 1.165) is 11.2 Å². The molecule has 0 spiro atoms. The van der Waals surface area contributed by atoms with Gasteiger partial charge in [0.05, 0.1) is 5.56 Å². The number of carbonyl (C=O) groups is 1. The van der Waals surface area contributed by atoms with Gasteiger partial charge in [0, 0.05) is 30.6 Å². The summed E-state index contributed by atoms with van der Waals surface area (Å²) in [6.07, 6.45) is 3.18. The number of hydrogen-bond donors (Lipinski definition) is 1. The zero-order valence-electron chi connectivity index (χ0n) is 10.1. The number of rotatable bonds is 4. The Labute approximate surface area is 105 Å². The van der Waals surface area contributed by atoms with Crippen molar-refractivity contribution in [2.24, 2.45) is 0 Å². The predicted molar refractivity (Wildman–Crippen MR) is 72.2 cm³/mol. The van der Waals surface area contributed by atoms with E-state index in [1.54, 1.807) is 12.1 Å². The molecular formula is C14H14N2O2. The smallest absolute Gasteiger partial charge is 0.337 e. The van der Waals surface area contributed by atoms with E-state index in [4.69, 9.17) is 5.11 Å². The van der Waals surface area contributed by atoms with Gasteiger partial charge in [0.2, 0.25) is 0 Å². The zero-order chi connectivity index (χ0) is 13.1. The summed E-state index contributed by atoms with van der Waals surface area (Å²) in [5.41, 5.74) is 0.223. The fourth-order valence-electron chi connectivity index (χ4n) is 1.93. The van der Waals surface area contributed by atoms with E-state index in [9.17, 15) is 4.79 Å². The highest BCUT2D eigenvalue weighted by atomic mass is 16.4. The molecule has 0 radical (unpaired) electrons. The van der Waals surface area contributed by atoms with E-state index in [0.29, 0.717) is 11.9 Å². The van der Waals surface area contributed by atoms with Gasteiger partial charge in [-0.2, -0.15) is 0 Å². The van der Waals surface area contributed by atoms with Crippen LogP contribution in [0.4, 0.5) is 5.82 Å². The Kier molecular flexibility index (Phi) is 3.28. The van der Waals surface area contributed by atoms with Crippen LogP contribution in [0.25, 0.3) is 10.8 Å². The van der Waals surface area contributed by atoms with Crippen LogP contribution in [0.5, 0.6) is 0 Å². The molecule has 1 N–H and O–H groups in total. The number of carboxylic acids is 1. The van der Waals surface area contributed by atoms with Crippen LogP contribution in [-0.4, -0.2) is 29.7 Å². The summed E-state index contributed by atoms with van der Waals surface area (Å²) < 4.78 is 0. The summed E-state index contributed by atoms with van der Waals surface area (Å²) >= 11 is 0. The molecule has 2 rings (SSSR count). The molecule has 0 aliphatic carbocycles. The standard InChI is InChI=1S/C14H14N2O2/c1-3-8-16(2)13-11-7-5-4-6-10(11)12(9-15-13)14(17)18/h3-7,9H,1,8H2,2H3,(H,17,18). The van der Waals surface area contributed by atoms with Crippen molar-refractivity contribution < 1.29 is 9.90 Å². The van der Waals surface area contributed by atoms with Gasteiger partial charge < -0.3 is 10.0 Å². The molecule has 1 heterocycles. The van der Waals surface area contributed by atoms with Crippen molar-refractivity contribution in [3.63, 3.8) is 0 Å². The molecule has 0 aliphatic heterocycles. The molecule has 0 bridgehead atoms. The van der Waals surface area contributed by atoms with Crippen LogP contribution >= 0.6 is 0 Å². The van der Waals surface area contributed by atoms with Crippen molar-refractivity contribution in [1.82, 2.24) is 4.98 Å². The number of likely N-dealkylation sites (N-methyl/N-ethyl adjacent to an activating group) is 1. The number of aromatic carboxylic acids is 1. The van der Waals surface area contributed by atoms with Gasteiger partial charge in [-0.15, -0.1) is 6.58 Å².